The molecule has 8 heteroatoms. The van der Waals surface area contributed by atoms with Gasteiger partial charge in [-0.05, 0) is 24.3 Å². The molecule has 0 aliphatic rings. The van der Waals surface area contributed by atoms with Crippen LogP contribution in [-0.2, 0) is 5.75 Å². The second-order valence-corrected chi connectivity index (χ2v) is 6.46. The predicted octanol–water partition coefficient (Wildman–Crippen LogP) is 3.09. The maximum absolute atomic E-state index is 6.05. The number of nitrogen functional groups attached to an aromatic ring is 1. The average Bonchev–Trinajstić information content (AvgIpc) is 3.15. The van der Waals surface area contributed by atoms with E-state index in [0.29, 0.717) is 17.4 Å². The standard InChI is InChI=1S/C18H16N6OS/c1-25-13-6-4-5-12(9-13)24-11-20-23-18(24)26-10-16-21-15-8-3-2-7-14(15)17(19)22-16/h2-9,11H,10H2,1H3,(H2,19,21,22). The molecule has 0 atom stereocenters. The summed E-state index contributed by atoms with van der Waals surface area (Å²) in [5.41, 5.74) is 7.82. The van der Waals surface area contributed by atoms with Gasteiger partial charge in [0.1, 0.15) is 23.7 Å². The molecule has 0 saturated heterocycles. The summed E-state index contributed by atoms with van der Waals surface area (Å²) < 4.78 is 7.18. The van der Waals surface area contributed by atoms with Gasteiger partial charge in [-0.15, -0.1) is 10.2 Å². The Hall–Kier alpha value is -3.13. The highest BCUT2D eigenvalue weighted by molar-refractivity contribution is 7.98. The summed E-state index contributed by atoms with van der Waals surface area (Å²) >= 11 is 1.50. The number of fused-ring (bicyclic) bond motifs is 1. The number of rotatable bonds is 5. The lowest BCUT2D eigenvalue weighted by Gasteiger charge is -2.08. The fraction of sp³-hybridized carbons (Fsp3) is 0.111. The molecule has 0 aliphatic carbocycles. The van der Waals surface area contributed by atoms with Crippen molar-refractivity contribution in [3.8, 4) is 11.4 Å². The lowest BCUT2D eigenvalue weighted by atomic mass is 10.2. The molecule has 2 aromatic carbocycles. The van der Waals surface area contributed by atoms with E-state index < -0.39 is 0 Å². The Morgan fingerprint density at radius 2 is 2.00 bits per heavy atom. The summed E-state index contributed by atoms with van der Waals surface area (Å²) in [5.74, 6) is 2.46. The molecule has 7 nitrogen and oxygen atoms in total. The van der Waals surface area contributed by atoms with Crippen molar-refractivity contribution < 1.29 is 4.74 Å². The summed E-state index contributed by atoms with van der Waals surface area (Å²) in [5, 5.41) is 9.82. The van der Waals surface area contributed by atoms with Crippen LogP contribution in [0.5, 0.6) is 5.75 Å². The lowest BCUT2D eigenvalue weighted by molar-refractivity contribution is 0.414. The SMILES string of the molecule is COc1cccc(-n2cnnc2SCc2nc(N)c3ccccc3n2)c1. The molecule has 0 amide bonds. The molecule has 0 fully saturated rings. The van der Waals surface area contributed by atoms with Crippen LogP contribution < -0.4 is 10.5 Å². The zero-order valence-electron chi connectivity index (χ0n) is 14.0. The Morgan fingerprint density at radius 3 is 2.88 bits per heavy atom. The summed E-state index contributed by atoms with van der Waals surface area (Å²) in [6.45, 7) is 0. The third-order valence-electron chi connectivity index (χ3n) is 3.86. The third-order valence-corrected chi connectivity index (χ3v) is 4.80. The highest BCUT2D eigenvalue weighted by atomic mass is 32.2. The number of thioether (sulfide) groups is 1. The van der Waals surface area contributed by atoms with Crippen molar-refractivity contribution in [2.24, 2.45) is 0 Å². The molecular weight excluding hydrogens is 348 g/mol. The van der Waals surface area contributed by atoms with Crippen LogP contribution in [0.1, 0.15) is 5.82 Å². The van der Waals surface area contributed by atoms with Gasteiger partial charge in [-0.2, -0.15) is 0 Å². The monoisotopic (exact) mass is 364 g/mol. The van der Waals surface area contributed by atoms with Gasteiger partial charge in [0.25, 0.3) is 0 Å². The molecule has 0 bridgehead atoms. The molecule has 0 saturated carbocycles. The molecule has 2 heterocycles. The molecule has 130 valence electrons. The quantitative estimate of drug-likeness (QED) is 0.544. The summed E-state index contributed by atoms with van der Waals surface area (Å²) in [6, 6.07) is 15.4. The van der Waals surface area contributed by atoms with Gasteiger partial charge in [0.05, 0.1) is 24.1 Å². The minimum absolute atomic E-state index is 0.487. The minimum atomic E-state index is 0.487. The van der Waals surface area contributed by atoms with Crippen LogP contribution >= 0.6 is 11.8 Å². The summed E-state index contributed by atoms with van der Waals surface area (Å²) in [6.07, 6.45) is 1.67. The van der Waals surface area contributed by atoms with Gasteiger partial charge in [-0.25, -0.2) is 9.97 Å². The van der Waals surface area contributed by atoms with E-state index in [1.165, 1.54) is 11.8 Å². The first-order valence-electron chi connectivity index (χ1n) is 7.93. The molecule has 4 aromatic rings. The second kappa shape index (κ2) is 7.01. The molecule has 2 N–H and O–H groups in total. The van der Waals surface area contributed by atoms with Crippen molar-refractivity contribution in [1.29, 1.82) is 0 Å². The fourth-order valence-corrected chi connectivity index (χ4v) is 3.39. The maximum atomic E-state index is 6.05. The van der Waals surface area contributed by atoms with Crippen molar-refractivity contribution in [3.63, 3.8) is 0 Å². The summed E-state index contributed by atoms with van der Waals surface area (Å²) in [7, 11) is 1.64. The van der Waals surface area contributed by atoms with Crippen molar-refractivity contribution in [2.75, 3.05) is 12.8 Å². The first kappa shape index (κ1) is 16.3. The van der Waals surface area contributed by atoms with Crippen molar-refractivity contribution in [1.82, 2.24) is 24.7 Å². The average molecular weight is 364 g/mol. The van der Waals surface area contributed by atoms with Gasteiger partial charge < -0.3 is 10.5 Å². The van der Waals surface area contributed by atoms with Gasteiger partial charge in [0.15, 0.2) is 5.16 Å². The topological polar surface area (TPSA) is 91.7 Å². The second-order valence-electron chi connectivity index (χ2n) is 5.52. The largest absolute Gasteiger partial charge is 0.497 e. The molecule has 0 aliphatic heterocycles. The fourth-order valence-electron chi connectivity index (χ4n) is 2.60. The lowest BCUT2D eigenvalue weighted by Crippen LogP contribution is -2.01. The molecule has 0 spiro atoms. The third kappa shape index (κ3) is 3.18. The Labute approximate surface area is 154 Å². The number of hydrogen-bond donors (Lipinski definition) is 1. The van der Waals surface area contributed by atoms with E-state index in [0.717, 1.165) is 27.5 Å². The Bertz CT molecular complexity index is 1060. The number of nitrogens with zero attached hydrogens (tertiary/aromatic N) is 5. The van der Waals surface area contributed by atoms with E-state index >= 15 is 0 Å². The van der Waals surface area contributed by atoms with E-state index in [-0.39, 0.29) is 0 Å². The van der Waals surface area contributed by atoms with E-state index in [2.05, 4.69) is 20.2 Å². The number of para-hydroxylation sites is 1. The zero-order valence-corrected chi connectivity index (χ0v) is 14.8. The van der Waals surface area contributed by atoms with E-state index in [1.54, 1.807) is 13.4 Å². The normalized spacial score (nSPS) is 11.0. The number of benzene rings is 2. The predicted molar refractivity (Wildman–Crippen MR) is 101 cm³/mol. The van der Waals surface area contributed by atoms with E-state index in [9.17, 15) is 0 Å². The molecule has 26 heavy (non-hydrogen) atoms. The van der Waals surface area contributed by atoms with Gasteiger partial charge in [-0.3, -0.25) is 4.57 Å². The van der Waals surface area contributed by atoms with E-state index in [4.69, 9.17) is 10.5 Å². The first-order valence-corrected chi connectivity index (χ1v) is 8.91. The highest BCUT2D eigenvalue weighted by Crippen LogP contribution is 2.25. The number of nitrogens with two attached hydrogens (primary N) is 1. The van der Waals surface area contributed by atoms with Gasteiger partial charge in [0.2, 0.25) is 0 Å². The molecule has 0 unspecified atom stereocenters. The molecular formula is C18H16N6OS. The Morgan fingerprint density at radius 1 is 1.12 bits per heavy atom. The Kier molecular flexibility index (Phi) is 4.40. The summed E-state index contributed by atoms with van der Waals surface area (Å²) in [4.78, 5) is 8.97. The van der Waals surface area contributed by atoms with Crippen LogP contribution in [0.25, 0.3) is 16.6 Å². The number of ether oxygens (including phenoxy) is 1. The molecule has 4 rings (SSSR count). The number of methoxy groups -OCH3 is 1. The Balaban J connectivity index is 1.59. The van der Waals surface area contributed by atoms with Crippen LogP contribution in [0.2, 0.25) is 0 Å². The van der Waals surface area contributed by atoms with Gasteiger partial charge in [0, 0.05) is 11.5 Å². The number of aromatic nitrogens is 5. The maximum Gasteiger partial charge on any atom is 0.196 e. The first-order chi connectivity index (χ1) is 12.7. The van der Waals surface area contributed by atoms with Crippen molar-refractivity contribution in [3.05, 3.63) is 60.7 Å². The number of hydrogen-bond acceptors (Lipinski definition) is 7. The van der Waals surface area contributed by atoms with Crippen LogP contribution in [0.3, 0.4) is 0 Å². The van der Waals surface area contributed by atoms with Gasteiger partial charge >= 0.3 is 0 Å². The van der Waals surface area contributed by atoms with Crippen LogP contribution in [0, 0.1) is 0 Å². The van der Waals surface area contributed by atoms with E-state index in [1.807, 2.05) is 53.1 Å². The minimum Gasteiger partial charge on any atom is -0.497 e. The van der Waals surface area contributed by atoms with Crippen molar-refractivity contribution >= 4 is 28.5 Å². The molecule has 0 radical (unpaired) electrons. The van der Waals surface area contributed by atoms with Gasteiger partial charge in [-0.1, -0.05) is 30.0 Å². The van der Waals surface area contributed by atoms with Crippen molar-refractivity contribution in [2.45, 2.75) is 10.9 Å². The molecule has 2 aromatic heterocycles. The zero-order chi connectivity index (χ0) is 17.9. The van der Waals surface area contributed by atoms with Crippen LogP contribution in [0.15, 0.2) is 60.0 Å². The van der Waals surface area contributed by atoms with Crippen LogP contribution in [-0.4, -0.2) is 31.8 Å². The van der Waals surface area contributed by atoms with Crippen LogP contribution in [0.4, 0.5) is 5.82 Å². The number of anilines is 1. The highest BCUT2D eigenvalue weighted by Gasteiger charge is 2.11. The smallest absolute Gasteiger partial charge is 0.196 e.